The second kappa shape index (κ2) is 3.95. The summed E-state index contributed by atoms with van der Waals surface area (Å²) < 4.78 is 0. The highest BCUT2D eigenvalue weighted by Gasteiger charge is 2.32. The second-order valence-electron chi connectivity index (χ2n) is 4.11. The van der Waals surface area contributed by atoms with Crippen LogP contribution in [0, 0.1) is 5.92 Å². The molecule has 3 nitrogen and oxygen atoms in total. The molecule has 0 amide bonds. The first-order chi connectivity index (χ1) is 6.79. The smallest absolute Gasteiger partial charge is 0.129 e. The molecule has 1 fully saturated rings. The van der Waals surface area contributed by atoms with Crippen LogP contribution in [0.3, 0.4) is 0 Å². The molecular weight excluding hydrogens is 174 g/mol. The molecular formula is C11H17N3. The monoisotopic (exact) mass is 191 g/mol. The Balaban J connectivity index is 1.99. The topological polar surface area (TPSA) is 37.8 Å². The van der Waals surface area contributed by atoms with Gasteiger partial charge < -0.3 is 5.32 Å². The van der Waals surface area contributed by atoms with E-state index in [4.69, 9.17) is 0 Å². The summed E-state index contributed by atoms with van der Waals surface area (Å²) in [5, 5.41) is 3.41. The van der Waals surface area contributed by atoms with Gasteiger partial charge in [-0.2, -0.15) is 0 Å². The van der Waals surface area contributed by atoms with Crippen molar-refractivity contribution in [1.82, 2.24) is 9.97 Å². The zero-order valence-electron chi connectivity index (χ0n) is 8.83. The zero-order chi connectivity index (χ0) is 9.97. The summed E-state index contributed by atoms with van der Waals surface area (Å²) in [6.45, 7) is 4.42. The van der Waals surface area contributed by atoms with E-state index in [0.29, 0.717) is 6.04 Å². The Morgan fingerprint density at radius 2 is 2.29 bits per heavy atom. The van der Waals surface area contributed by atoms with Gasteiger partial charge in [-0.25, -0.2) is 9.97 Å². The van der Waals surface area contributed by atoms with Gasteiger partial charge in [0.25, 0.3) is 0 Å². The summed E-state index contributed by atoms with van der Waals surface area (Å²) in [5.74, 6) is 1.79. The van der Waals surface area contributed by atoms with Crippen LogP contribution in [0.1, 0.15) is 32.4 Å². The number of nitrogens with one attached hydrogen (secondary N) is 1. The SMILES string of the molecule is CCCc1cc(NC2CC2C)ncn1. The number of aromatic nitrogens is 2. The van der Waals surface area contributed by atoms with Crippen molar-refractivity contribution in [3.05, 3.63) is 18.1 Å². The van der Waals surface area contributed by atoms with Gasteiger partial charge in [-0.1, -0.05) is 20.3 Å². The molecule has 1 aromatic rings. The van der Waals surface area contributed by atoms with Gasteiger partial charge in [-0.3, -0.25) is 0 Å². The third-order valence-corrected chi connectivity index (χ3v) is 2.67. The highest BCUT2D eigenvalue weighted by atomic mass is 15.1. The molecule has 1 aliphatic rings. The molecule has 14 heavy (non-hydrogen) atoms. The van der Waals surface area contributed by atoms with Crippen molar-refractivity contribution in [3.8, 4) is 0 Å². The largest absolute Gasteiger partial charge is 0.367 e. The van der Waals surface area contributed by atoms with Crippen LogP contribution in [-0.4, -0.2) is 16.0 Å². The fourth-order valence-electron chi connectivity index (χ4n) is 1.58. The van der Waals surface area contributed by atoms with Crippen molar-refractivity contribution in [3.63, 3.8) is 0 Å². The third-order valence-electron chi connectivity index (χ3n) is 2.67. The molecule has 76 valence electrons. The van der Waals surface area contributed by atoms with Crippen LogP contribution in [0.25, 0.3) is 0 Å². The summed E-state index contributed by atoms with van der Waals surface area (Å²) >= 11 is 0. The lowest BCUT2D eigenvalue weighted by Crippen LogP contribution is -2.06. The first kappa shape index (κ1) is 9.44. The zero-order valence-corrected chi connectivity index (χ0v) is 8.83. The predicted molar refractivity (Wildman–Crippen MR) is 57.2 cm³/mol. The molecule has 0 spiro atoms. The number of hydrogen-bond donors (Lipinski definition) is 1. The third kappa shape index (κ3) is 2.22. The Morgan fingerprint density at radius 3 is 2.93 bits per heavy atom. The maximum atomic E-state index is 4.22. The molecule has 0 aromatic carbocycles. The standard InChI is InChI=1S/C11H17N3/c1-3-4-9-6-11(13-7-12-9)14-10-5-8(10)2/h6-8,10H,3-5H2,1-2H3,(H,12,13,14). The van der Waals surface area contributed by atoms with Crippen molar-refractivity contribution in [2.45, 2.75) is 39.2 Å². The van der Waals surface area contributed by atoms with Crippen molar-refractivity contribution in [1.29, 1.82) is 0 Å². The molecule has 1 saturated carbocycles. The van der Waals surface area contributed by atoms with Gasteiger partial charge in [0.05, 0.1) is 0 Å². The number of anilines is 1. The van der Waals surface area contributed by atoms with Crippen LogP contribution in [-0.2, 0) is 6.42 Å². The molecule has 0 bridgehead atoms. The van der Waals surface area contributed by atoms with Crippen molar-refractivity contribution < 1.29 is 0 Å². The molecule has 2 atom stereocenters. The predicted octanol–water partition coefficient (Wildman–Crippen LogP) is 2.25. The molecule has 1 N–H and O–H groups in total. The summed E-state index contributed by atoms with van der Waals surface area (Å²) in [7, 11) is 0. The Kier molecular flexibility index (Phi) is 2.66. The molecule has 3 heteroatoms. The molecule has 0 aliphatic heterocycles. The van der Waals surface area contributed by atoms with Gasteiger partial charge in [-0.05, 0) is 18.8 Å². The summed E-state index contributed by atoms with van der Waals surface area (Å²) in [6.07, 6.45) is 5.10. The van der Waals surface area contributed by atoms with Crippen LogP contribution >= 0.6 is 0 Å². The summed E-state index contributed by atoms with van der Waals surface area (Å²) in [4.78, 5) is 8.44. The first-order valence-electron chi connectivity index (χ1n) is 5.37. The fraction of sp³-hybridized carbons (Fsp3) is 0.636. The molecule has 0 saturated heterocycles. The minimum Gasteiger partial charge on any atom is -0.367 e. The van der Waals surface area contributed by atoms with E-state index in [9.17, 15) is 0 Å². The van der Waals surface area contributed by atoms with Gasteiger partial charge in [-0.15, -0.1) is 0 Å². The van der Waals surface area contributed by atoms with Crippen LogP contribution in [0.2, 0.25) is 0 Å². The lowest BCUT2D eigenvalue weighted by atomic mass is 10.2. The molecule has 2 unspecified atom stereocenters. The summed E-state index contributed by atoms with van der Waals surface area (Å²) in [5.41, 5.74) is 1.14. The maximum Gasteiger partial charge on any atom is 0.129 e. The van der Waals surface area contributed by atoms with Crippen molar-refractivity contribution in [2.75, 3.05) is 5.32 Å². The normalized spacial score (nSPS) is 24.7. The number of aryl methyl sites for hydroxylation is 1. The molecule has 1 aromatic heterocycles. The first-order valence-corrected chi connectivity index (χ1v) is 5.37. The average molecular weight is 191 g/mol. The van der Waals surface area contributed by atoms with Crippen LogP contribution in [0.5, 0.6) is 0 Å². The van der Waals surface area contributed by atoms with Crippen LogP contribution in [0.15, 0.2) is 12.4 Å². The summed E-state index contributed by atoms with van der Waals surface area (Å²) in [6, 6.07) is 2.70. The van der Waals surface area contributed by atoms with E-state index >= 15 is 0 Å². The van der Waals surface area contributed by atoms with E-state index in [1.165, 1.54) is 6.42 Å². The maximum absolute atomic E-state index is 4.22. The van der Waals surface area contributed by atoms with E-state index in [2.05, 4.69) is 35.2 Å². The Bertz CT molecular complexity index is 311. The fourth-order valence-corrected chi connectivity index (χ4v) is 1.58. The van der Waals surface area contributed by atoms with Gasteiger partial charge in [0.1, 0.15) is 12.1 Å². The van der Waals surface area contributed by atoms with Gasteiger partial charge in [0.15, 0.2) is 0 Å². The Labute approximate surface area is 85.0 Å². The van der Waals surface area contributed by atoms with E-state index in [1.807, 2.05) is 0 Å². The minimum absolute atomic E-state index is 0.638. The van der Waals surface area contributed by atoms with Gasteiger partial charge in [0.2, 0.25) is 0 Å². The molecule has 1 aliphatic carbocycles. The van der Waals surface area contributed by atoms with E-state index in [1.54, 1.807) is 6.33 Å². The number of nitrogens with zero attached hydrogens (tertiary/aromatic N) is 2. The van der Waals surface area contributed by atoms with Gasteiger partial charge >= 0.3 is 0 Å². The lowest BCUT2D eigenvalue weighted by molar-refractivity contribution is 0.867. The van der Waals surface area contributed by atoms with E-state index in [0.717, 1.165) is 30.3 Å². The highest BCUT2D eigenvalue weighted by Crippen LogP contribution is 2.31. The molecule has 0 radical (unpaired) electrons. The minimum atomic E-state index is 0.638. The van der Waals surface area contributed by atoms with Crippen LogP contribution < -0.4 is 5.32 Å². The van der Waals surface area contributed by atoms with Crippen molar-refractivity contribution in [2.24, 2.45) is 5.92 Å². The quantitative estimate of drug-likeness (QED) is 0.793. The number of hydrogen-bond acceptors (Lipinski definition) is 3. The highest BCUT2D eigenvalue weighted by molar-refractivity contribution is 5.38. The van der Waals surface area contributed by atoms with E-state index in [-0.39, 0.29) is 0 Å². The molecule has 2 rings (SSSR count). The van der Waals surface area contributed by atoms with E-state index < -0.39 is 0 Å². The van der Waals surface area contributed by atoms with Crippen molar-refractivity contribution >= 4 is 5.82 Å². The average Bonchev–Trinajstić information content (AvgIpc) is 2.83. The second-order valence-corrected chi connectivity index (χ2v) is 4.11. The van der Waals surface area contributed by atoms with Gasteiger partial charge in [0, 0.05) is 17.8 Å². The molecule has 1 heterocycles. The Morgan fingerprint density at radius 1 is 1.50 bits per heavy atom. The van der Waals surface area contributed by atoms with Crippen LogP contribution in [0.4, 0.5) is 5.82 Å². The number of rotatable bonds is 4. The Hall–Kier alpha value is -1.12. The lowest BCUT2D eigenvalue weighted by Gasteiger charge is -2.04.